The van der Waals surface area contributed by atoms with Crippen molar-refractivity contribution in [3.05, 3.63) is 28.8 Å². The molecule has 1 amide bonds. The molecule has 2 saturated heterocycles. The summed E-state index contributed by atoms with van der Waals surface area (Å²) in [6.07, 6.45) is 2.28. The fraction of sp³-hybridized carbons (Fsp3) is 0.533. The monoisotopic (exact) mass is 294 g/mol. The first-order chi connectivity index (χ1) is 9.70. The molecule has 4 nitrogen and oxygen atoms in total. The van der Waals surface area contributed by atoms with Crippen molar-refractivity contribution in [3.63, 3.8) is 0 Å². The van der Waals surface area contributed by atoms with E-state index < -0.39 is 0 Å². The van der Waals surface area contributed by atoms with Crippen LogP contribution in [0.3, 0.4) is 0 Å². The van der Waals surface area contributed by atoms with E-state index in [0.717, 1.165) is 26.1 Å². The molecule has 1 aromatic rings. The molecule has 108 valence electrons. The topological polar surface area (TPSA) is 41.6 Å². The zero-order chi connectivity index (χ0) is 14.1. The van der Waals surface area contributed by atoms with Crippen molar-refractivity contribution < 1.29 is 9.53 Å². The van der Waals surface area contributed by atoms with Gasteiger partial charge in [0, 0.05) is 30.7 Å². The SMILES string of the molecule is COc1cc(Cl)ccc1C(=O)N1CCCC2CNCC21. The second-order valence-electron chi connectivity index (χ2n) is 5.47. The fourth-order valence-electron chi connectivity index (χ4n) is 3.32. The zero-order valence-corrected chi connectivity index (χ0v) is 12.3. The molecule has 1 aromatic carbocycles. The number of amides is 1. The normalized spacial score (nSPS) is 25.4. The highest BCUT2D eigenvalue weighted by molar-refractivity contribution is 6.30. The van der Waals surface area contributed by atoms with Gasteiger partial charge in [-0.25, -0.2) is 0 Å². The molecule has 1 N–H and O–H groups in total. The predicted molar refractivity (Wildman–Crippen MR) is 78.4 cm³/mol. The van der Waals surface area contributed by atoms with Gasteiger partial charge in [-0.05, 0) is 37.0 Å². The van der Waals surface area contributed by atoms with E-state index in [9.17, 15) is 4.79 Å². The van der Waals surface area contributed by atoms with Gasteiger partial charge in [0.1, 0.15) is 5.75 Å². The highest BCUT2D eigenvalue weighted by atomic mass is 35.5. The maximum atomic E-state index is 12.8. The van der Waals surface area contributed by atoms with Gasteiger partial charge in [0.25, 0.3) is 5.91 Å². The molecule has 0 aromatic heterocycles. The lowest BCUT2D eigenvalue weighted by Crippen LogP contribution is -2.48. The number of nitrogens with one attached hydrogen (secondary N) is 1. The first-order valence-electron chi connectivity index (χ1n) is 7.06. The molecular formula is C15H19ClN2O2. The molecule has 2 unspecified atom stereocenters. The van der Waals surface area contributed by atoms with Crippen molar-refractivity contribution in [1.82, 2.24) is 10.2 Å². The molecular weight excluding hydrogens is 276 g/mol. The van der Waals surface area contributed by atoms with Crippen molar-refractivity contribution in [2.75, 3.05) is 26.7 Å². The van der Waals surface area contributed by atoms with E-state index in [1.807, 2.05) is 4.90 Å². The van der Waals surface area contributed by atoms with Crippen LogP contribution in [0.2, 0.25) is 5.02 Å². The molecule has 2 aliphatic rings. The number of carbonyl (C=O) groups is 1. The fourth-order valence-corrected chi connectivity index (χ4v) is 3.48. The second-order valence-corrected chi connectivity index (χ2v) is 5.91. The van der Waals surface area contributed by atoms with Crippen LogP contribution in [0, 0.1) is 5.92 Å². The van der Waals surface area contributed by atoms with Gasteiger partial charge in [0.2, 0.25) is 0 Å². The molecule has 3 rings (SSSR count). The van der Waals surface area contributed by atoms with Gasteiger partial charge in [-0.2, -0.15) is 0 Å². The van der Waals surface area contributed by atoms with Crippen LogP contribution in [0.15, 0.2) is 18.2 Å². The van der Waals surface area contributed by atoms with E-state index in [1.54, 1.807) is 25.3 Å². The van der Waals surface area contributed by atoms with Crippen LogP contribution in [0.4, 0.5) is 0 Å². The molecule has 2 fully saturated rings. The van der Waals surface area contributed by atoms with Gasteiger partial charge >= 0.3 is 0 Å². The quantitative estimate of drug-likeness (QED) is 0.909. The lowest BCUT2D eigenvalue weighted by molar-refractivity contribution is 0.0571. The third-order valence-electron chi connectivity index (χ3n) is 4.33. The minimum absolute atomic E-state index is 0.0527. The Balaban J connectivity index is 1.88. The van der Waals surface area contributed by atoms with Gasteiger partial charge in [0.15, 0.2) is 0 Å². The highest BCUT2D eigenvalue weighted by Crippen LogP contribution is 2.30. The third kappa shape index (κ3) is 2.38. The van der Waals surface area contributed by atoms with Crippen molar-refractivity contribution in [2.45, 2.75) is 18.9 Å². The number of carbonyl (C=O) groups excluding carboxylic acids is 1. The molecule has 2 atom stereocenters. The highest BCUT2D eigenvalue weighted by Gasteiger charge is 2.38. The molecule has 2 aliphatic heterocycles. The summed E-state index contributed by atoms with van der Waals surface area (Å²) in [5.41, 5.74) is 0.601. The minimum Gasteiger partial charge on any atom is -0.496 e. The van der Waals surface area contributed by atoms with Crippen LogP contribution < -0.4 is 10.1 Å². The summed E-state index contributed by atoms with van der Waals surface area (Å²) < 4.78 is 5.30. The van der Waals surface area contributed by atoms with Gasteiger partial charge in [-0.3, -0.25) is 4.79 Å². The maximum Gasteiger partial charge on any atom is 0.257 e. The van der Waals surface area contributed by atoms with Crippen LogP contribution in [-0.4, -0.2) is 43.6 Å². The van der Waals surface area contributed by atoms with Crippen LogP contribution in [0.1, 0.15) is 23.2 Å². The summed E-state index contributed by atoms with van der Waals surface area (Å²) in [6, 6.07) is 5.51. The Hall–Kier alpha value is -1.26. The summed E-state index contributed by atoms with van der Waals surface area (Å²) in [5, 5.41) is 3.97. The molecule has 20 heavy (non-hydrogen) atoms. The molecule has 0 saturated carbocycles. The Morgan fingerprint density at radius 1 is 1.45 bits per heavy atom. The van der Waals surface area contributed by atoms with Crippen LogP contribution in [0.25, 0.3) is 0 Å². The standard InChI is InChI=1S/C15H19ClN2O2/c1-20-14-7-11(16)4-5-12(14)15(19)18-6-2-3-10-8-17-9-13(10)18/h4-5,7,10,13,17H,2-3,6,8-9H2,1H3. The summed E-state index contributed by atoms with van der Waals surface area (Å²) in [4.78, 5) is 14.8. The molecule has 0 aliphatic carbocycles. The number of likely N-dealkylation sites (tertiary alicyclic amines) is 1. The molecule has 2 heterocycles. The van der Waals surface area contributed by atoms with Crippen molar-refractivity contribution >= 4 is 17.5 Å². The van der Waals surface area contributed by atoms with Crippen LogP contribution >= 0.6 is 11.6 Å². The largest absolute Gasteiger partial charge is 0.496 e. The van der Waals surface area contributed by atoms with Crippen molar-refractivity contribution in [2.24, 2.45) is 5.92 Å². The van der Waals surface area contributed by atoms with Gasteiger partial charge < -0.3 is 15.0 Å². The van der Waals surface area contributed by atoms with Crippen LogP contribution in [0.5, 0.6) is 5.75 Å². The van der Waals surface area contributed by atoms with Crippen molar-refractivity contribution in [1.29, 1.82) is 0 Å². The maximum absolute atomic E-state index is 12.8. The Kier molecular flexibility index (Phi) is 3.85. The number of nitrogens with zero attached hydrogens (tertiary/aromatic N) is 1. The van der Waals surface area contributed by atoms with E-state index >= 15 is 0 Å². The summed E-state index contributed by atoms with van der Waals surface area (Å²) >= 11 is 5.96. The van der Waals surface area contributed by atoms with Crippen molar-refractivity contribution in [3.8, 4) is 5.75 Å². The molecule has 0 spiro atoms. The lowest BCUT2D eigenvalue weighted by Gasteiger charge is -2.37. The summed E-state index contributed by atoms with van der Waals surface area (Å²) in [7, 11) is 1.57. The van der Waals surface area contributed by atoms with Gasteiger partial charge in [-0.15, -0.1) is 0 Å². The number of benzene rings is 1. The number of rotatable bonds is 2. The third-order valence-corrected chi connectivity index (χ3v) is 4.57. The predicted octanol–water partition coefficient (Wildman–Crippen LogP) is 2.17. The van der Waals surface area contributed by atoms with E-state index in [-0.39, 0.29) is 5.91 Å². The average Bonchev–Trinajstić information content (AvgIpc) is 2.94. The Morgan fingerprint density at radius 3 is 3.10 bits per heavy atom. The number of piperidine rings is 1. The number of halogens is 1. The smallest absolute Gasteiger partial charge is 0.257 e. The van der Waals surface area contributed by atoms with E-state index in [1.165, 1.54) is 6.42 Å². The molecule has 0 bridgehead atoms. The number of fused-ring (bicyclic) bond motifs is 1. The first-order valence-corrected chi connectivity index (χ1v) is 7.43. The number of methoxy groups -OCH3 is 1. The Bertz CT molecular complexity index is 521. The van der Waals surface area contributed by atoms with Crippen LogP contribution in [-0.2, 0) is 0 Å². The van der Waals surface area contributed by atoms with E-state index in [0.29, 0.717) is 28.3 Å². The minimum atomic E-state index is 0.0527. The number of ether oxygens (including phenoxy) is 1. The lowest BCUT2D eigenvalue weighted by atomic mass is 9.91. The Morgan fingerprint density at radius 2 is 2.30 bits per heavy atom. The first kappa shape index (κ1) is 13.7. The zero-order valence-electron chi connectivity index (χ0n) is 11.6. The number of hydrogen-bond acceptors (Lipinski definition) is 3. The molecule has 5 heteroatoms. The Labute approximate surface area is 124 Å². The van der Waals surface area contributed by atoms with Gasteiger partial charge in [-0.1, -0.05) is 11.6 Å². The van der Waals surface area contributed by atoms with Gasteiger partial charge in [0.05, 0.1) is 12.7 Å². The van der Waals surface area contributed by atoms with E-state index in [2.05, 4.69) is 5.32 Å². The summed E-state index contributed by atoms with van der Waals surface area (Å²) in [5.74, 6) is 1.19. The molecule has 0 radical (unpaired) electrons. The second kappa shape index (κ2) is 5.62. The average molecular weight is 295 g/mol. The number of hydrogen-bond donors (Lipinski definition) is 1. The van der Waals surface area contributed by atoms with E-state index in [4.69, 9.17) is 16.3 Å². The summed E-state index contributed by atoms with van der Waals surface area (Å²) in [6.45, 7) is 2.74.